The van der Waals surface area contributed by atoms with Crippen LogP contribution in [0.5, 0.6) is 6.01 Å². The summed E-state index contributed by atoms with van der Waals surface area (Å²) in [6.07, 6.45) is 2.64. The lowest BCUT2D eigenvalue weighted by molar-refractivity contribution is -0.124. The van der Waals surface area contributed by atoms with Crippen molar-refractivity contribution in [1.29, 1.82) is 5.26 Å². The van der Waals surface area contributed by atoms with Crippen molar-refractivity contribution < 1.29 is 9.53 Å². The van der Waals surface area contributed by atoms with Crippen LogP contribution >= 0.6 is 22.9 Å². The number of fused-ring (bicyclic) bond motifs is 2. The first-order valence-corrected chi connectivity index (χ1v) is 13.4. The van der Waals surface area contributed by atoms with Crippen LogP contribution in [0.4, 0.5) is 16.9 Å². The number of aryl methyl sites for hydroxylation is 1. The lowest BCUT2D eigenvalue weighted by Gasteiger charge is -2.48. The van der Waals surface area contributed by atoms with E-state index in [1.807, 2.05) is 4.90 Å². The van der Waals surface area contributed by atoms with Gasteiger partial charge in [-0.05, 0) is 24.8 Å². The fraction of sp³-hybridized carbons (Fsp3) is 0.500. The van der Waals surface area contributed by atoms with E-state index in [0.29, 0.717) is 54.4 Å². The van der Waals surface area contributed by atoms with Gasteiger partial charge in [0.2, 0.25) is 11.9 Å². The first kappa shape index (κ1) is 26.0. The molecule has 14 heteroatoms. The number of thiophene rings is 1. The predicted molar refractivity (Wildman–Crippen MR) is 147 cm³/mol. The minimum atomic E-state index is -0.383. The summed E-state index contributed by atoms with van der Waals surface area (Å²) in [7, 11) is 4.74. The second kappa shape index (κ2) is 9.92. The summed E-state index contributed by atoms with van der Waals surface area (Å²) in [6, 6.07) is 2.50. The fourth-order valence-electron chi connectivity index (χ4n) is 5.26. The average molecular weight is 557 g/mol. The van der Waals surface area contributed by atoms with Crippen molar-refractivity contribution in [3.8, 4) is 12.1 Å². The van der Waals surface area contributed by atoms with E-state index < -0.39 is 0 Å². The minimum Gasteiger partial charge on any atom is -0.467 e. The van der Waals surface area contributed by atoms with Crippen LogP contribution in [0.25, 0.3) is 0 Å². The van der Waals surface area contributed by atoms with Gasteiger partial charge in [-0.1, -0.05) is 11.6 Å². The van der Waals surface area contributed by atoms with Crippen molar-refractivity contribution >= 4 is 51.5 Å². The van der Waals surface area contributed by atoms with E-state index in [-0.39, 0.29) is 34.6 Å². The number of hydrogen-bond donors (Lipinski definition) is 2. The largest absolute Gasteiger partial charge is 0.467 e. The Morgan fingerprint density at radius 2 is 1.95 bits per heavy atom. The number of carbonyl (C=O) groups is 1. The highest BCUT2D eigenvalue weighted by Crippen LogP contribution is 2.52. The summed E-state index contributed by atoms with van der Waals surface area (Å²) in [6.45, 7) is 2.80. The molecule has 0 aromatic carbocycles. The molecule has 12 nitrogen and oxygen atoms in total. The van der Waals surface area contributed by atoms with Crippen LogP contribution in [0.15, 0.2) is 15.7 Å². The topological polar surface area (TPSA) is 163 Å². The highest BCUT2D eigenvalue weighted by Gasteiger charge is 2.52. The lowest BCUT2D eigenvalue weighted by atomic mass is 9.74. The SMILES string of the molecule is COc1nc(N2CCCN=C(/C(Cl)=C(\N)C(=O)N(C)C)C2)nc(N2CC3(CCc4sc(N)c(C#N)c43)C2)n1. The van der Waals surface area contributed by atoms with Gasteiger partial charge in [0.1, 0.15) is 16.8 Å². The van der Waals surface area contributed by atoms with Gasteiger partial charge in [-0.25, -0.2) is 0 Å². The van der Waals surface area contributed by atoms with Crippen molar-refractivity contribution in [3.63, 3.8) is 0 Å². The first-order chi connectivity index (χ1) is 18.2. The zero-order valence-electron chi connectivity index (χ0n) is 21.5. The van der Waals surface area contributed by atoms with E-state index in [2.05, 4.69) is 25.9 Å². The Kier molecular flexibility index (Phi) is 6.79. The Labute approximate surface area is 229 Å². The maximum absolute atomic E-state index is 12.3. The molecule has 1 fully saturated rings. The molecule has 5 rings (SSSR count). The van der Waals surface area contributed by atoms with Gasteiger partial charge in [0.25, 0.3) is 5.91 Å². The maximum atomic E-state index is 12.3. The zero-order valence-corrected chi connectivity index (χ0v) is 23.1. The van der Waals surface area contributed by atoms with Crippen molar-refractivity contribution in [1.82, 2.24) is 19.9 Å². The van der Waals surface area contributed by atoms with Gasteiger partial charge in [0.05, 0.1) is 30.0 Å². The summed E-state index contributed by atoms with van der Waals surface area (Å²) in [4.78, 5) is 37.3. The van der Waals surface area contributed by atoms with Crippen LogP contribution in [0.3, 0.4) is 0 Å². The number of carbonyl (C=O) groups excluding carboxylic acids is 1. The third-order valence-corrected chi connectivity index (χ3v) is 8.66. The molecular weight excluding hydrogens is 528 g/mol. The Bertz CT molecular complexity index is 1390. The molecule has 2 aromatic heterocycles. The molecule has 200 valence electrons. The van der Waals surface area contributed by atoms with E-state index in [9.17, 15) is 10.1 Å². The highest BCUT2D eigenvalue weighted by atomic mass is 35.5. The quantitative estimate of drug-likeness (QED) is 0.512. The van der Waals surface area contributed by atoms with E-state index in [4.69, 9.17) is 32.8 Å². The molecule has 1 saturated heterocycles. The maximum Gasteiger partial charge on any atom is 0.322 e. The van der Waals surface area contributed by atoms with Crippen LogP contribution in [0.1, 0.15) is 28.8 Å². The van der Waals surface area contributed by atoms with Gasteiger partial charge in [-0.15, -0.1) is 11.3 Å². The summed E-state index contributed by atoms with van der Waals surface area (Å²) in [5.41, 5.74) is 14.2. The number of anilines is 3. The zero-order chi connectivity index (χ0) is 27.2. The molecule has 1 amide bonds. The van der Waals surface area contributed by atoms with Gasteiger partial charge in [-0.2, -0.15) is 20.2 Å². The number of rotatable bonds is 5. The van der Waals surface area contributed by atoms with Crippen LogP contribution in [-0.4, -0.2) is 85.4 Å². The number of nitrogens with zero attached hydrogens (tertiary/aromatic N) is 8. The number of halogens is 1. The number of nitriles is 1. The van der Waals surface area contributed by atoms with Gasteiger partial charge in [0, 0.05) is 50.6 Å². The van der Waals surface area contributed by atoms with E-state index in [1.165, 1.54) is 28.2 Å². The number of likely N-dealkylation sites (N-methyl/N-ethyl adjacent to an activating group) is 1. The molecule has 0 bridgehead atoms. The Morgan fingerprint density at radius 3 is 2.61 bits per heavy atom. The molecule has 3 aliphatic rings. The second-order valence-corrected chi connectivity index (χ2v) is 11.4. The van der Waals surface area contributed by atoms with Crippen LogP contribution in [-0.2, 0) is 16.6 Å². The van der Waals surface area contributed by atoms with Crippen LogP contribution in [0.2, 0.25) is 0 Å². The lowest BCUT2D eigenvalue weighted by Crippen LogP contribution is -2.59. The predicted octanol–water partition coefficient (Wildman–Crippen LogP) is 1.25. The highest BCUT2D eigenvalue weighted by molar-refractivity contribution is 7.16. The standard InChI is InChI=1S/C24H29ClN10O2S/c1-33(2)20(36)18(27)17(25)14-10-34(8-4-7-29-14)21-30-22(32-23(31-21)37-3)35-11-24(12-35)6-5-15-16(24)13(9-26)19(28)38-15/h4-8,10-12,27-28H2,1-3H3/b18-17+. The monoisotopic (exact) mass is 556 g/mol. The summed E-state index contributed by atoms with van der Waals surface area (Å²) in [5, 5.41) is 10.4. The van der Waals surface area contributed by atoms with E-state index in [0.717, 1.165) is 24.8 Å². The van der Waals surface area contributed by atoms with Gasteiger partial charge >= 0.3 is 6.01 Å². The molecule has 4 heterocycles. The summed E-state index contributed by atoms with van der Waals surface area (Å²) in [5.74, 6) is 0.541. The van der Waals surface area contributed by atoms with E-state index in [1.54, 1.807) is 14.1 Å². The van der Waals surface area contributed by atoms with E-state index >= 15 is 0 Å². The number of nitrogens with two attached hydrogens (primary N) is 2. The van der Waals surface area contributed by atoms with Crippen molar-refractivity contribution in [2.45, 2.75) is 24.7 Å². The molecule has 0 saturated carbocycles. The third-order valence-electron chi connectivity index (χ3n) is 7.16. The number of nitrogen functional groups attached to an aromatic ring is 1. The molecule has 1 spiro atoms. The first-order valence-electron chi connectivity index (χ1n) is 12.2. The van der Waals surface area contributed by atoms with Crippen molar-refractivity contribution in [2.24, 2.45) is 10.7 Å². The van der Waals surface area contributed by atoms with Crippen LogP contribution < -0.4 is 26.0 Å². The number of amides is 1. The molecule has 0 unspecified atom stereocenters. The second-order valence-electron chi connectivity index (χ2n) is 9.84. The van der Waals surface area contributed by atoms with Gasteiger partial charge in [-0.3, -0.25) is 9.79 Å². The molecule has 4 N–H and O–H groups in total. The van der Waals surface area contributed by atoms with Crippen LogP contribution in [0, 0.1) is 11.3 Å². The smallest absolute Gasteiger partial charge is 0.322 e. The Balaban J connectivity index is 1.40. The molecule has 2 aromatic rings. The van der Waals surface area contributed by atoms with Crippen molar-refractivity contribution in [3.05, 3.63) is 26.7 Å². The number of aromatic nitrogens is 3. The molecule has 2 aliphatic heterocycles. The molecule has 0 radical (unpaired) electrons. The Morgan fingerprint density at radius 1 is 1.24 bits per heavy atom. The molecule has 0 atom stereocenters. The van der Waals surface area contributed by atoms with Gasteiger partial charge < -0.3 is 30.9 Å². The van der Waals surface area contributed by atoms with Gasteiger partial charge in [0.15, 0.2) is 0 Å². The van der Waals surface area contributed by atoms with Crippen molar-refractivity contribution in [2.75, 3.05) is 69.5 Å². The number of methoxy groups -OCH3 is 1. The summed E-state index contributed by atoms with van der Waals surface area (Å²) >= 11 is 8.04. The number of aliphatic imine (C=N–C) groups is 1. The average Bonchev–Trinajstić information content (AvgIpc) is 3.29. The Hall–Kier alpha value is -3.63. The number of ether oxygens (including phenoxy) is 1. The fourth-order valence-corrected chi connectivity index (χ4v) is 6.60. The molecule has 38 heavy (non-hydrogen) atoms. The summed E-state index contributed by atoms with van der Waals surface area (Å²) < 4.78 is 5.41. The molecule has 1 aliphatic carbocycles. The minimum absolute atomic E-state index is 0.0567. The normalized spacial score (nSPS) is 18.7. The third kappa shape index (κ3) is 4.37. The number of hydrogen-bond acceptors (Lipinski definition) is 12. The molecular formula is C24H29ClN10O2S.